The zero-order valence-electron chi connectivity index (χ0n) is 15.2. The molecule has 1 aromatic heterocycles. The molecule has 0 fully saturated rings. The van der Waals surface area contributed by atoms with Gasteiger partial charge in [-0.25, -0.2) is 0 Å². The number of para-hydroxylation sites is 1. The van der Waals surface area contributed by atoms with Gasteiger partial charge in [-0.15, -0.1) is 0 Å². The SMILES string of the molecule is CC1(C)CC(O)(C(F)(F)F)C(c2cc3ccccc3[nH]2)c2ccc(Cl)c(O)c21. The Kier molecular flexibility index (Phi) is 4.04. The molecular weight excluding hydrogens is 391 g/mol. The molecule has 0 bridgehead atoms. The molecule has 0 aliphatic heterocycles. The molecule has 3 N–H and O–H groups in total. The summed E-state index contributed by atoms with van der Waals surface area (Å²) in [5.41, 5.74) is -2.70. The van der Waals surface area contributed by atoms with E-state index in [1.54, 1.807) is 44.2 Å². The number of aromatic hydroxyl groups is 1. The Morgan fingerprint density at radius 1 is 1.14 bits per heavy atom. The number of nitrogens with one attached hydrogen (secondary N) is 1. The fourth-order valence-corrected chi connectivity index (χ4v) is 4.75. The van der Waals surface area contributed by atoms with Gasteiger partial charge in [-0.2, -0.15) is 13.2 Å². The Bertz CT molecular complexity index is 1040. The smallest absolute Gasteiger partial charge is 0.418 e. The summed E-state index contributed by atoms with van der Waals surface area (Å²) < 4.78 is 42.5. The minimum Gasteiger partial charge on any atom is -0.506 e. The van der Waals surface area contributed by atoms with Crippen LogP contribution in [0, 0.1) is 0 Å². The summed E-state index contributed by atoms with van der Waals surface area (Å²) >= 11 is 6.05. The zero-order chi connectivity index (χ0) is 20.5. The summed E-state index contributed by atoms with van der Waals surface area (Å²) in [4.78, 5) is 3.02. The van der Waals surface area contributed by atoms with Crippen molar-refractivity contribution in [1.82, 2.24) is 4.98 Å². The number of aromatic amines is 1. The van der Waals surface area contributed by atoms with Crippen molar-refractivity contribution >= 4 is 22.5 Å². The van der Waals surface area contributed by atoms with E-state index in [4.69, 9.17) is 11.6 Å². The van der Waals surface area contributed by atoms with E-state index in [1.165, 1.54) is 12.1 Å². The lowest BCUT2D eigenvalue weighted by Gasteiger charge is -2.48. The van der Waals surface area contributed by atoms with Crippen molar-refractivity contribution in [2.45, 2.75) is 43.4 Å². The van der Waals surface area contributed by atoms with Gasteiger partial charge in [0.1, 0.15) is 5.75 Å². The van der Waals surface area contributed by atoms with E-state index in [9.17, 15) is 23.4 Å². The number of phenols is 1. The van der Waals surface area contributed by atoms with Crippen LogP contribution in [0.15, 0.2) is 42.5 Å². The van der Waals surface area contributed by atoms with Crippen LogP contribution >= 0.6 is 11.6 Å². The lowest BCUT2D eigenvalue weighted by molar-refractivity contribution is -0.275. The summed E-state index contributed by atoms with van der Waals surface area (Å²) in [5, 5.41) is 22.4. The van der Waals surface area contributed by atoms with Crippen LogP contribution in [0.25, 0.3) is 10.9 Å². The van der Waals surface area contributed by atoms with Gasteiger partial charge < -0.3 is 15.2 Å². The average Bonchev–Trinajstić information content (AvgIpc) is 2.99. The Hall–Kier alpha value is -2.18. The number of hydrogen-bond donors (Lipinski definition) is 3. The van der Waals surface area contributed by atoms with Gasteiger partial charge in [0.2, 0.25) is 0 Å². The van der Waals surface area contributed by atoms with E-state index < -0.39 is 29.5 Å². The molecule has 3 nitrogen and oxygen atoms in total. The molecule has 3 aromatic rings. The number of rotatable bonds is 1. The lowest BCUT2D eigenvalue weighted by Crippen LogP contribution is -2.56. The first-order valence-corrected chi connectivity index (χ1v) is 9.22. The number of alkyl halides is 3. The number of aromatic nitrogens is 1. The van der Waals surface area contributed by atoms with Gasteiger partial charge in [-0.3, -0.25) is 0 Å². The highest BCUT2D eigenvalue weighted by atomic mass is 35.5. The molecular formula is C21H19ClF3NO2. The van der Waals surface area contributed by atoms with Crippen molar-refractivity contribution in [3.8, 4) is 5.75 Å². The van der Waals surface area contributed by atoms with Crippen molar-refractivity contribution in [3.63, 3.8) is 0 Å². The van der Waals surface area contributed by atoms with Gasteiger partial charge in [0.25, 0.3) is 0 Å². The first-order chi connectivity index (χ1) is 13.0. The number of phenolic OH excluding ortho intramolecular Hbond substituents is 1. The normalized spacial score (nSPS) is 24.3. The predicted molar refractivity (Wildman–Crippen MR) is 102 cm³/mol. The Morgan fingerprint density at radius 2 is 1.82 bits per heavy atom. The Labute approximate surface area is 164 Å². The van der Waals surface area contributed by atoms with Gasteiger partial charge in [0.15, 0.2) is 5.60 Å². The molecule has 2 aromatic carbocycles. The van der Waals surface area contributed by atoms with E-state index in [1.807, 2.05) is 0 Å². The largest absolute Gasteiger partial charge is 0.506 e. The lowest BCUT2D eigenvalue weighted by atomic mass is 9.60. The zero-order valence-corrected chi connectivity index (χ0v) is 16.0. The highest BCUT2D eigenvalue weighted by Gasteiger charge is 2.64. The third kappa shape index (κ3) is 2.62. The first-order valence-electron chi connectivity index (χ1n) is 8.84. The van der Waals surface area contributed by atoms with Crippen LogP contribution in [-0.4, -0.2) is 27.0 Å². The number of aliphatic hydroxyl groups is 1. The molecule has 0 amide bonds. The Morgan fingerprint density at radius 3 is 2.46 bits per heavy atom. The van der Waals surface area contributed by atoms with Gasteiger partial charge >= 0.3 is 6.18 Å². The summed E-state index contributed by atoms with van der Waals surface area (Å²) in [5.74, 6) is -1.67. The molecule has 0 saturated carbocycles. The maximum Gasteiger partial charge on any atom is 0.418 e. The van der Waals surface area contributed by atoms with Crippen LogP contribution in [-0.2, 0) is 5.41 Å². The molecule has 7 heteroatoms. The van der Waals surface area contributed by atoms with Crippen molar-refractivity contribution in [2.75, 3.05) is 0 Å². The predicted octanol–water partition coefficient (Wildman–Crippen LogP) is 5.63. The van der Waals surface area contributed by atoms with Crippen LogP contribution in [0.4, 0.5) is 13.2 Å². The fraction of sp³-hybridized carbons (Fsp3) is 0.333. The fourth-order valence-electron chi connectivity index (χ4n) is 4.59. The summed E-state index contributed by atoms with van der Waals surface area (Å²) in [6, 6.07) is 11.6. The van der Waals surface area contributed by atoms with Gasteiger partial charge in [0.05, 0.1) is 10.9 Å². The van der Waals surface area contributed by atoms with Gasteiger partial charge in [-0.05, 0) is 41.0 Å². The van der Waals surface area contributed by atoms with E-state index in [0.717, 1.165) is 5.39 Å². The maximum atomic E-state index is 14.2. The van der Waals surface area contributed by atoms with Crippen LogP contribution in [0.3, 0.4) is 0 Å². The van der Waals surface area contributed by atoms with Gasteiger partial charge in [0, 0.05) is 16.8 Å². The summed E-state index contributed by atoms with van der Waals surface area (Å²) in [6.07, 6.45) is -5.48. The minimum absolute atomic E-state index is 0.0691. The number of benzene rings is 2. The van der Waals surface area contributed by atoms with Crippen LogP contribution in [0.5, 0.6) is 5.75 Å². The number of H-pyrrole nitrogens is 1. The highest BCUT2D eigenvalue weighted by Crippen LogP contribution is 2.58. The molecule has 1 aliphatic carbocycles. The van der Waals surface area contributed by atoms with Crippen molar-refractivity contribution in [3.05, 3.63) is 64.3 Å². The topological polar surface area (TPSA) is 56.2 Å². The minimum atomic E-state index is -4.88. The number of fused-ring (bicyclic) bond motifs is 2. The van der Waals surface area contributed by atoms with E-state index in [0.29, 0.717) is 11.1 Å². The molecule has 4 rings (SSSR count). The second-order valence-corrected chi connectivity index (χ2v) is 8.50. The Balaban J connectivity index is 2.06. The van der Waals surface area contributed by atoms with Crippen LogP contribution in [0.1, 0.15) is 43.0 Å². The van der Waals surface area contributed by atoms with E-state index in [2.05, 4.69) is 4.98 Å². The first kappa shape index (κ1) is 19.2. The van der Waals surface area contributed by atoms with Gasteiger partial charge in [-0.1, -0.05) is 49.7 Å². The molecule has 2 atom stereocenters. The van der Waals surface area contributed by atoms with Crippen LogP contribution in [0.2, 0.25) is 5.02 Å². The summed E-state index contributed by atoms with van der Waals surface area (Å²) in [7, 11) is 0. The van der Waals surface area contributed by atoms with Crippen molar-refractivity contribution in [2.24, 2.45) is 0 Å². The van der Waals surface area contributed by atoms with Crippen molar-refractivity contribution < 1.29 is 23.4 Å². The third-order valence-corrected chi connectivity index (χ3v) is 6.00. The molecule has 148 valence electrons. The molecule has 2 unspecified atom stereocenters. The monoisotopic (exact) mass is 409 g/mol. The second kappa shape index (κ2) is 5.91. The average molecular weight is 410 g/mol. The summed E-state index contributed by atoms with van der Waals surface area (Å²) in [6.45, 7) is 3.14. The highest BCUT2D eigenvalue weighted by molar-refractivity contribution is 6.32. The molecule has 1 heterocycles. The number of halogens is 4. The standard InChI is InChI=1S/C21H19ClF3NO2/c1-19(2)10-20(28,21(23,24)25)16(12-7-8-13(22)18(27)17(12)19)15-9-11-5-3-4-6-14(11)26-15/h3-9,16,26-28H,10H2,1-2H3. The molecule has 0 saturated heterocycles. The third-order valence-electron chi connectivity index (χ3n) is 5.69. The maximum absolute atomic E-state index is 14.2. The molecule has 28 heavy (non-hydrogen) atoms. The molecule has 0 spiro atoms. The van der Waals surface area contributed by atoms with E-state index in [-0.39, 0.29) is 22.0 Å². The molecule has 0 radical (unpaired) electrons. The van der Waals surface area contributed by atoms with E-state index >= 15 is 0 Å². The molecule has 1 aliphatic rings. The van der Waals surface area contributed by atoms with Crippen LogP contribution < -0.4 is 0 Å². The second-order valence-electron chi connectivity index (χ2n) is 8.09. The van der Waals surface area contributed by atoms with Crippen molar-refractivity contribution in [1.29, 1.82) is 0 Å². The number of hydrogen-bond acceptors (Lipinski definition) is 2. The quantitative estimate of drug-likeness (QED) is 0.487.